The lowest BCUT2D eigenvalue weighted by molar-refractivity contribution is 0.0517. The van der Waals surface area contributed by atoms with E-state index in [9.17, 15) is 13.6 Å². The van der Waals surface area contributed by atoms with Crippen molar-refractivity contribution in [2.45, 2.75) is 13.5 Å². The molecule has 0 amide bonds. The summed E-state index contributed by atoms with van der Waals surface area (Å²) in [7, 11) is 1.19. The minimum atomic E-state index is -0.873. The van der Waals surface area contributed by atoms with E-state index in [2.05, 4.69) is 0 Å². The fraction of sp³-hybridized carbons (Fsp3) is 0.160. The lowest BCUT2D eigenvalue weighted by Crippen LogP contribution is -2.11. The molecule has 0 bridgehead atoms. The van der Waals surface area contributed by atoms with E-state index in [1.807, 2.05) is 30.3 Å². The Morgan fingerprint density at radius 1 is 0.969 bits per heavy atom. The number of benzene rings is 3. The molecule has 1 aromatic heterocycles. The molecular weight excluding hydrogens is 416 g/mol. The van der Waals surface area contributed by atoms with Gasteiger partial charge in [0.2, 0.25) is 0 Å². The molecule has 4 rings (SSSR count). The second-order valence-corrected chi connectivity index (χ2v) is 7.02. The maximum Gasteiger partial charge on any atom is 0.355 e. The lowest BCUT2D eigenvalue weighted by atomic mass is 10.2. The van der Waals surface area contributed by atoms with Crippen LogP contribution in [0.3, 0.4) is 0 Å². The summed E-state index contributed by atoms with van der Waals surface area (Å²) in [6.45, 7) is 2.23. The Balaban J connectivity index is 1.78. The molecule has 0 aliphatic heterocycles. The van der Waals surface area contributed by atoms with E-state index in [0.717, 1.165) is 17.7 Å². The van der Waals surface area contributed by atoms with E-state index in [1.54, 1.807) is 31.2 Å². The number of ether oxygens (including phenoxy) is 3. The molecule has 0 N–H and O–H groups in total. The second-order valence-electron chi connectivity index (χ2n) is 7.02. The van der Waals surface area contributed by atoms with Crippen LogP contribution < -0.4 is 9.47 Å². The minimum absolute atomic E-state index is 0.136. The normalized spacial score (nSPS) is 10.9. The van der Waals surface area contributed by atoms with Crippen molar-refractivity contribution in [2.75, 3.05) is 13.7 Å². The largest absolute Gasteiger partial charge is 0.491 e. The van der Waals surface area contributed by atoms with Gasteiger partial charge in [0.25, 0.3) is 0 Å². The van der Waals surface area contributed by atoms with Crippen molar-refractivity contribution in [2.24, 2.45) is 0 Å². The van der Waals surface area contributed by atoms with Gasteiger partial charge in [0.15, 0.2) is 17.4 Å². The van der Waals surface area contributed by atoms with Gasteiger partial charge in [0, 0.05) is 17.5 Å². The van der Waals surface area contributed by atoms with Crippen LogP contribution in [-0.2, 0) is 11.3 Å². The van der Waals surface area contributed by atoms with Gasteiger partial charge >= 0.3 is 5.97 Å². The number of carbonyl (C=O) groups excluding carboxylic acids is 1. The van der Waals surface area contributed by atoms with Crippen LogP contribution in [0.15, 0.2) is 66.7 Å². The van der Waals surface area contributed by atoms with Gasteiger partial charge in [0.05, 0.1) is 24.9 Å². The first kappa shape index (κ1) is 21.4. The maximum atomic E-state index is 14.4. The number of rotatable bonds is 7. The summed E-state index contributed by atoms with van der Waals surface area (Å²) in [4.78, 5) is 12.6. The Bertz CT molecular complexity index is 1240. The van der Waals surface area contributed by atoms with Gasteiger partial charge in [0.1, 0.15) is 18.1 Å². The standard InChI is InChI=1S/C25H21F2NO4/c1-3-31-25(29)23-12-17-11-19(32-15-16-7-5-4-6-8-16)9-10-22(17)28(23)18-13-20(26)24(30-2)21(27)14-18/h4-14H,3,15H2,1-2H3. The predicted octanol–water partition coefficient (Wildman–Crippen LogP) is 5.67. The van der Waals surface area contributed by atoms with Gasteiger partial charge in [-0.25, -0.2) is 13.6 Å². The highest BCUT2D eigenvalue weighted by molar-refractivity contribution is 5.97. The van der Waals surface area contributed by atoms with Crippen LogP contribution in [0.25, 0.3) is 16.6 Å². The van der Waals surface area contributed by atoms with E-state index in [4.69, 9.17) is 14.2 Å². The van der Waals surface area contributed by atoms with E-state index >= 15 is 0 Å². The van der Waals surface area contributed by atoms with E-state index in [-0.39, 0.29) is 18.0 Å². The van der Waals surface area contributed by atoms with Crippen LogP contribution in [0, 0.1) is 11.6 Å². The average molecular weight is 437 g/mol. The molecule has 164 valence electrons. The third-order valence-electron chi connectivity index (χ3n) is 4.95. The number of nitrogens with zero attached hydrogens (tertiary/aromatic N) is 1. The molecule has 3 aromatic carbocycles. The SMILES string of the molecule is CCOC(=O)c1cc2cc(OCc3ccccc3)ccc2n1-c1cc(F)c(OC)c(F)c1. The minimum Gasteiger partial charge on any atom is -0.491 e. The first-order valence-corrected chi connectivity index (χ1v) is 10.0. The first-order chi connectivity index (χ1) is 15.5. The third kappa shape index (κ3) is 4.14. The van der Waals surface area contributed by atoms with Crippen LogP contribution in [0.1, 0.15) is 23.0 Å². The summed E-state index contributed by atoms with van der Waals surface area (Å²) in [5.74, 6) is -2.24. The van der Waals surface area contributed by atoms with E-state index in [1.165, 1.54) is 11.7 Å². The van der Waals surface area contributed by atoms with E-state index < -0.39 is 23.4 Å². The Labute approximate surface area is 183 Å². The molecule has 0 saturated carbocycles. The van der Waals surface area contributed by atoms with Crippen molar-refractivity contribution in [3.05, 3.63) is 89.6 Å². The summed E-state index contributed by atoms with van der Waals surface area (Å²) in [6.07, 6.45) is 0. The van der Waals surface area contributed by atoms with Crippen LogP contribution in [-0.4, -0.2) is 24.3 Å². The van der Waals surface area contributed by atoms with Crippen molar-refractivity contribution in [3.8, 4) is 17.2 Å². The number of carbonyl (C=O) groups is 1. The van der Waals surface area contributed by atoms with Gasteiger partial charge < -0.3 is 18.8 Å². The van der Waals surface area contributed by atoms with Gasteiger partial charge in [-0.1, -0.05) is 30.3 Å². The molecule has 5 nitrogen and oxygen atoms in total. The number of aromatic nitrogens is 1. The number of hydrogen-bond donors (Lipinski definition) is 0. The second kappa shape index (κ2) is 9.09. The highest BCUT2D eigenvalue weighted by Gasteiger charge is 2.21. The Morgan fingerprint density at radius 2 is 1.69 bits per heavy atom. The summed E-state index contributed by atoms with van der Waals surface area (Å²) in [5, 5.41) is 0.662. The highest BCUT2D eigenvalue weighted by Crippen LogP contribution is 2.31. The van der Waals surface area contributed by atoms with E-state index in [0.29, 0.717) is 23.3 Å². The molecule has 0 fully saturated rings. The monoisotopic (exact) mass is 437 g/mol. The van der Waals surface area contributed by atoms with Crippen molar-refractivity contribution in [3.63, 3.8) is 0 Å². The number of fused-ring (bicyclic) bond motifs is 1. The topological polar surface area (TPSA) is 49.7 Å². The van der Waals surface area contributed by atoms with Crippen LogP contribution in [0.4, 0.5) is 8.78 Å². The van der Waals surface area contributed by atoms with Crippen LogP contribution >= 0.6 is 0 Å². The molecule has 4 aromatic rings. The summed E-state index contributed by atoms with van der Waals surface area (Å²) in [6, 6.07) is 18.8. The van der Waals surface area contributed by atoms with Crippen LogP contribution in [0.5, 0.6) is 11.5 Å². The third-order valence-corrected chi connectivity index (χ3v) is 4.95. The quantitative estimate of drug-likeness (QED) is 0.350. The van der Waals surface area contributed by atoms with Crippen molar-refractivity contribution in [1.82, 2.24) is 4.57 Å². The predicted molar refractivity (Wildman–Crippen MR) is 116 cm³/mol. The molecule has 1 heterocycles. The molecule has 0 atom stereocenters. The van der Waals surface area contributed by atoms with Gasteiger partial charge in [-0.15, -0.1) is 0 Å². The molecule has 0 aliphatic carbocycles. The molecular formula is C25H21F2NO4. The fourth-order valence-electron chi connectivity index (χ4n) is 3.53. The fourth-order valence-corrected chi connectivity index (χ4v) is 3.53. The molecule has 0 unspecified atom stereocenters. The summed E-state index contributed by atoms with van der Waals surface area (Å²) in [5.41, 5.74) is 1.87. The van der Waals surface area contributed by atoms with Crippen molar-refractivity contribution >= 4 is 16.9 Å². The summed E-state index contributed by atoms with van der Waals surface area (Å²) >= 11 is 0. The lowest BCUT2D eigenvalue weighted by Gasteiger charge is -2.13. The zero-order valence-electron chi connectivity index (χ0n) is 17.6. The zero-order valence-corrected chi connectivity index (χ0v) is 17.6. The zero-order chi connectivity index (χ0) is 22.7. The first-order valence-electron chi connectivity index (χ1n) is 10.0. The number of methoxy groups -OCH3 is 1. The number of hydrogen-bond acceptors (Lipinski definition) is 4. The van der Waals surface area contributed by atoms with Crippen molar-refractivity contribution < 1.29 is 27.8 Å². The highest BCUT2D eigenvalue weighted by atomic mass is 19.1. The summed E-state index contributed by atoms with van der Waals surface area (Å²) < 4.78 is 46.0. The average Bonchev–Trinajstić information content (AvgIpc) is 3.17. The van der Waals surface area contributed by atoms with Gasteiger partial charge in [-0.2, -0.15) is 0 Å². The van der Waals surface area contributed by atoms with Gasteiger partial charge in [-0.3, -0.25) is 0 Å². The molecule has 0 aliphatic rings. The van der Waals surface area contributed by atoms with Crippen molar-refractivity contribution in [1.29, 1.82) is 0 Å². The smallest absolute Gasteiger partial charge is 0.355 e. The molecule has 0 saturated heterocycles. The van der Waals surface area contributed by atoms with Gasteiger partial charge in [-0.05, 0) is 36.8 Å². The Kier molecular flexibility index (Phi) is 6.07. The Morgan fingerprint density at radius 3 is 2.34 bits per heavy atom. The molecule has 7 heteroatoms. The molecule has 0 radical (unpaired) electrons. The molecule has 32 heavy (non-hydrogen) atoms. The van der Waals surface area contributed by atoms with Crippen LogP contribution in [0.2, 0.25) is 0 Å². The maximum absolute atomic E-state index is 14.4. The number of esters is 1. The number of halogens is 2. The Hall–Kier alpha value is -3.87. The molecule has 0 spiro atoms.